The first kappa shape index (κ1) is 8.48. The molecule has 70 valence electrons. The molecule has 13 heavy (non-hydrogen) atoms. The lowest BCUT2D eigenvalue weighted by molar-refractivity contribution is 0.568. The highest BCUT2D eigenvalue weighted by Gasteiger charge is 2.10. The van der Waals surface area contributed by atoms with E-state index < -0.39 is 5.95 Å². The number of halogens is 1. The van der Waals surface area contributed by atoms with Crippen LogP contribution in [0.1, 0.15) is 19.3 Å². The Morgan fingerprint density at radius 2 is 1.92 bits per heavy atom. The van der Waals surface area contributed by atoms with Gasteiger partial charge in [-0.25, -0.2) is 4.98 Å². The van der Waals surface area contributed by atoms with Crippen molar-refractivity contribution in [3.8, 4) is 0 Å². The van der Waals surface area contributed by atoms with Gasteiger partial charge in [-0.3, -0.25) is 0 Å². The van der Waals surface area contributed by atoms with Crippen molar-refractivity contribution in [1.82, 2.24) is 4.98 Å². The zero-order valence-corrected chi connectivity index (χ0v) is 7.54. The normalized spacial score (nSPS) is 17.5. The summed E-state index contributed by atoms with van der Waals surface area (Å²) in [5.41, 5.74) is 1.04. The van der Waals surface area contributed by atoms with Gasteiger partial charge < -0.3 is 4.90 Å². The van der Waals surface area contributed by atoms with E-state index in [1.165, 1.54) is 25.3 Å². The third-order valence-corrected chi connectivity index (χ3v) is 2.43. The van der Waals surface area contributed by atoms with Crippen LogP contribution in [0.25, 0.3) is 0 Å². The lowest BCUT2D eigenvalue weighted by Crippen LogP contribution is -2.29. The summed E-state index contributed by atoms with van der Waals surface area (Å²) in [6.07, 6.45) is 5.39. The molecule has 1 aromatic rings. The Bertz CT molecular complexity index is 265. The Morgan fingerprint density at radius 3 is 2.54 bits per heavy atom. The van der Waals surface area contributed by atoms with Crippen LogP contribution in [-0.2, 0) is 0 Å². The molecule has 0 unspecified atom stereocenters. The molecule has 2 rings (SSSR count). The maximum absolute atomic E-state index is 12.5. The fourth-order valence-electron chi connectivity index (χ4n) is 1.71. The first-order chi connectivity index (χ1) is 6.36. The van der Waals surface area contributed by atoms with Gasteiger partial charge in [-0.05, 0) is 31.4 Å². The maximum Gasteiger partial charge on any atom is 0.212 e. The minimum Gasteiger partial charge on any atom is -0.370 e. The van der Waals surface area contributed by atoms with Gasteiger partial charge >= 0.3 is 0 Å². The SMILES string of the molecule is Fc1ccc(N2CCCCC2)cn1. The van der Waals surface area contributed by atoms with Crippen molar-refractivity contribution in [2.75, 3.05) is 18.0 Å². The van der Waals surface area contributed by atoms with Crippen molar-refractivity contribution in [3.63, 3.8) is 0 Å². The van der Waals surface area contributed by atoms with Crippen LogP contribution >= 0.6 is 0 Å². The Balaban J connectivity index is 2.10. The number of aromatic nitrogens is 1. The molecule has 0 atom stereocenters. The molecule has 1 aromatic heterocycles. The average Bonchev–Trinajstić information content (AvgIpc) is 2.20. The van der Waals surface area contributed by atoms with Gasteiger partial charge in [-0.15, -0.1) is 0 Å². The number of pyridine rings is 1. The molecule has 1 fully saturated rings. The largest absolute Gasteiger partial charge is 0.370 e. The third-order valence-electron chi connectivity index (χ3n) is 2.43. The molecular formula is C10H13FN2. The van der Waals surface area contributed by atoms with Gasteiger partial charge in [0.1, 0.15) is 0 Å². The van der Waals surface area contributed by atoms with Gasteiger partial charge in [0.05, 0.1) is 11.9 Å². The van der Waals surface area contributed by atoms with E-state index in [2.05, 4.69) is 9.88 Å². The van der Waals surface area contributed by atoms with Crippen molar-refractivity contribution in [3.05, 3.63) is 24.3 Å². The molecule has 0 spiro atoms. The van der Waals surface area contributed by atoms with Crippen molar-refractivity contribution < 1.29 is 4.39 Å². The second-order valence-electron chi connectivity index (χ2n) is 3.39. The van der Waals surface area contributed by atoms with E-state index in [-0.39, 0.29) is 0 Å². The molecule has 1 aliphatic heterocycles. The summed E-state index contributed by atoms with van der Waals surface area (Å²) in [6, 6.07) is 3.22. The molecule has 1 aliphatic rings. The van der Waals surface area contributed by atoms with Crippen molar-refractivity contribution in [2.24, 2.45) is 0 Å². The number of hydrogen-bond donors (Lipinski definition) is 0. The highest BCUT2D eigenvalue weighted by atomic mass is 19.1. The number of rotatable bonds is 1. The minimum atomic E-state index is -0.402. The minimum absolute atomic E-state index is 0.402. The Labute approximate surface area is 77.4 Å². The summed E-state index contributed by atoms with van der Waals surface area (Å²) in [4.78, 5) is 5.91. The standard InChI is InChI=1S/C10H13FN2/c11-10-5-4-9(8-12-10)13-6-2-1-3-7-13/h4-5,8H,1-3,6-7H2. The summed E-state index contributed by atoms with van der Waals surface area (Å²) in [5.74, 6) is -0.402. The van der Waals surface area contributed by atoms with Gasteiger partial charge in [-0.2, -0.15) is 4.39 Å². The predicted molar refractivity (Wildman–Crippen MR) is 50.3 cm³/mol. The van der Waals surface area contributed by atoms with Crippen LogP contribution in [-0.4, -0.2) is 18.1 Å². The fraction of sp³-hybridized carbons (Fsp3) is 0.500. The quantitative estimate of drug-likeness (QED) is 0.616. The molecule has 0 N–H and O–H groups in total. The number of piperidine rings is 1. The first-order valence-corrected chi connectivity index (χ1v) is 4.73. The summed E-state index contributed by atoms with van der Waals surface area (Å²) < 4.78 is 12.5. The topological polar surface area (TPSA) is 16.1 Å². The second kappa shape index (κ2) is 3.73. The van der Waals surface area contributed by atoms with Crippen LogP contribution < -0.4 is 4.90 Å². The van der Waals surface area contributed by atoms with Crippen LogP contribution in [0.2, 0.25) is 0 Å². The van der Waals surface area contributed by atoms with Crippen LogP contribution in [0.5, 0.6) is 0 Å². The van der Waals surface area contributed by atoms with E-state index in [9.17, 15) is 4.39 Å². The number of anilines is 1. The van der Waals surface area contributed by atoms with E-state index in [0.717, 1.165) is 18.8 Å². The van der Waals surface area contributed by atoms with Crippen LogP contribution in [0.15, 0.2) is 18.3 Å². The Hall–Kier alpha value is -1.12. The summed E-state index contributed by atoms with van der Waals surface area (Å²) >= 11 is 0. The molecule has 2 heterocycles. The van der Waals surface area contributed by atoms with Gasteiger partial charge in [0.15, 0.2) is 0 Å². The number of hydrogen-bond acceptors (Lipinski definition) is 2. The van der Waals surface area contributed by atoms with Gasteiger partial charge in [0, 0.05) is 13.1 Å². The van der Waals surface area contributed by atoms with Crippen LogP contribution in [0.3, 0.4) is 0 Å². The lowest BCUT2D eigenvalue weighted by atomic mass is 10.1. The molecule has 2 nitrogen and oxygen atoms in total. The molecule has 0 radical (unpaired) electrons. The zero-order valence-electron chi connectivity index (χ0n) is 7.54. The molecule has 0 bridgehead atoms. The van der Waals surface area contributed by atoms with E-state index in [0.29, 0.717) is 0 Å². The summed E-state index contributed by atoms with van der Waals surface area (Å²) in [5, 5.41) is 0. The molecule has 3 heteroatoms. The summed E-state index contributed by atoms with van der Waals surface area (Å²) in [6.45, 7) is 2.15. The molecule has 0 amide bonds. The van der Waals surface area contributed by atoms with Gasteiger partial charge in [0.25, 0.3) is 0 Å². The number of nitrogens with zero attached hydrogens (tertiary/aromatic N) is 2. The smallest absolute Gasteiger partial charge is 0.212 e. The highest BCUT2D eigenvalue weighted by Crippen LogP contribution is 2.18. The van der Waals surface area contributed by atoms with Crippen LogP contribution in [0.4, 0.5) is 10.1 Å². The molecular weight excluding hydrogens is 167 g/mol. The maximum atomic E-state index is 12.5. The van der Waals surface area contributed by atoms with E-state index in [4.69, 9.17) is 0 Å². The van der Waals surface area contributed by atoms with Crippen LogP contribution in [0, 0.1) is 5.95 Å². The van der Waals surface area contributed by atoms with Gasteiger partial charge in [0.2, 0.25) is 5.95 Å². The van der Waals surface area contributed by atoms with E-state index in [1.54, 1.807) is 12.3 Å². The van der Waals surface area contributed by atoms with E-state index >= 15 is 0 Å². The highest BCUT2D eigenvalue weighted by molar-refractivity contribution is 5.43. The third kappa shape index (κ3) is 1.97. The Kier molecular flexibility index (Phi) is 2.43. The van der Waals surface area contributed by atoms with Gasteiger partial charge in [-0.1, -0.05) is 0 Å². The molecule has 1 saturated heterocycles. The lowest BCUT2D eigenvalue weighted by Gasteiger charge is -2.28. The monoisotopic (exact) mass is 180 g/mol. The Morgan fingerprint density at radius 1 is 1.15 bits per heavy atom. The zero-order chi connectivity index (χ0) is 9.10. The average molecular weight is 180 g/mol. The second-order valence-corrected chi connectivity index (χ2v) is 3.39. The van der Waals surface area contributed by atoms with Crippen molar-refractivity contribution in [2.45, 2.75) is 19.3 Å². The first-order valence-electron chi connectivity index (χ1n) is 4.73. The summed E-state index contributed by atoms with van der Waals surface area (Å²) in [7, 11) is 0. The predicted octanol–water partition coefficient (Wildman–Crippen LogP) is 2.21. The van der Waals surface area contributed by atoms with E-state index in [1.807, 2.05) is 0 Å². The fourth-order valence-corrected chi connectivity index (χ4v) is 1.71. The van der Waals surface area contributed by atoms with Crippen molar-refractivity contribution in [1.29, 1.82) is 0 Å². The molecule has 0 saturated carbocycles. The molecule has 0 aliphatic carbocycles. The molecule has 0 aromatic carbocycles. The van der Waals surface area contributed by atoms with Crippen molar-refractivity contribution >= 4 is 5.69 Å².